The Hall–Kier alpha value is -3.15. The second kappa shape index (κ2) is 10.2. The molecule has 8 nitrogen and oxygen atoms in total. The molecule has 0 aliphatic carbocycles. The van der Waals surface area contributed by atoms with Crippen molar-refractivity contribution in [2.24, 2.45) is 5.73 Å². The number of nitrogens with two attached hydrogens (primary N) is 1. The maximum Gasteiger partial charge on any atom is 0.346 e. The lowest BCUT2D eigenvalue weighted by atomic mass is 10.1. The summed E-state index contributed by atoms with van der Waals surface area (Å²) in [6.45, 7) is 1.48. The minimum Gasteiger partial charge on any atom is -0.378 e. The fourth-order valence-electron chi connectivity index (χ4n) is 3.56. The maximum absolute atomic E-state index is 13.0. The van der Waals surface area contributed by atoms with Gasteiger partial charge < -0.3 is 15.4 Å². The molecule has 11 heteroatoms. The van der Waals surface area contributed by atoms with Crippen LogP contribution in [0.2, 0.25) is 0 Å². The minimum atomic E-state index is -1.91. The number of hydrogen-bond donors (Lipinski definition) is 1. The quantitative estimate of drug-likeness (QED) is 0.566. The molecule has 4 rings (SSSR count). The van der Waals surface area contributed by atoms with E-state index in [-0.39, 0.29) is 31.1 Å². The highest BCUT2D eigenvalue weighted by Gasteiger charge is 2.23. The molecule has 0 saturated carbocycles. The number of amides is 1. The number of morpholine rings is 1. The van der Waals surface area contributed by atoms with Crippen molar-refractivity contribution in [3.63, 3.8) is 0 Å². The second-order valence-electron chi connectivity index (χ2n) is 7.49. The Labute approximate surface area is 192 Å². The van der Waals surface area contributed by atoms with Crippen LogP contribution in [0.25, 0.3) is 11.1 Å². The van der Waals surface area contributed by atoms with Crippen LogP contribution in [-0.4, -0.2) is 58.0 Å². The van der Waals surface area contributed by atoms with Crippen LogP contribution >= 0.6 is 11.3 Å². The van der Waals surface area contributed by atoms with E-state index in [1.807, 2.05) is 36.4 Å². The van der Waals surface area contributed by atoms with Gasteiger partial charge in [-0.05, 0) is 17.2 Å². The number of benzene rings is 1. The first-order valence-corrected chi connectivity index (χ1v) is 11.2. The molecule has 0 spiro atoms. The molecule has 1 aromatic carbocycles. The van der Waals surface area contributed by atoms with Crippen molar-refractivity contribution in [1.82, 2.24) is 19.2 Å². The van der Waals surface area contributed by atoms with E-state index < -0.39 is 11.8 Å². The number of aromatic nitrogens is 3. The van der Waals surface area contributed by atoms with Gasteiger partial charge in [-0.25, -0.2) is 9.48 Å². The number of thiophene rings is 1. The first-order chi connectivity index (χ1) is 16.0. The lowest BCUT2D eigenvalue weighted by Crippen LogP contribution is -2.40. The predicted octanol–water partition coefficient (Wildman–Crippen LogP) is 2.40. The summed E-state index contributed by atoms with van der Waals surface area (Å²) < 4.78 is 33.5. The third kappa shape index (κ3) is 5.10. The molecule has 1 saturated heterocycles. The van der Waals surface area contributed by atoms with Crippen LogP contribution in [0.1, 0.15) is 14.5 Å². The number of halogens is 2. The highest BCUT2D eigenvalue weighted by molar-refractivity contribution is 7.14. The van der Waals surface area contributed by atoms with Gasteiger partial charge in [0.1, 0.15) is 6.33 Å². The Morgan fingerprint density at radius 1 is 1.18 bits per heavy atom. The van der Waals surface area contributed by atoms with Crippen molar-refractivity contribution < 1.29 is 18.3 Å². The Kier molecular flexibility index (Phi) is 7.11. The zero-order chi connectivity index (χ0) is 23.4. The summed E-state index contributed by atoms with van der Waals surface area (Å²) in [5.41, 5.74) is 6.23. The van der Waals surface area contributed by atoms with Gasteiger partial charge in [0.05, 0.1) is 31.2 Å². The van der Waals surface area contributed by atoms with Crippen molar-refractivity contribution in [3.05, 3.63) is 74.6 Å². The fourth-order valence-corrected chi connectivity index (χ4v) is 4.71. The molecular weight excluding hydrogens is 452 g/mol. The topological polar surface area (TPSA) is 95.4 Å². The largest absolute Gasteiger partial charge is 0.378 e. The number of nitrogens with zero attached hydrogens (tertiary/aromatic N) is 4. The van der Waals surface area contributed by atoms with Gasteiger partial charge in [-0.1, -0.05) is 30.3 Å². The molecule has 2 aromatic heterocycles. The third-order valence-corrected chi connectivity index (χ3v) is 6.48. The highest BCUT2D eigenvalue weighted by atomic mass is 32.1. The maximum atomic E-state index is 13.0. The molecule has 0 bridgehead atoms. The molecule has 0 atom stereocenters. The lowest BCUT2D eigenvalue weighted by molar-refractivity contribution is 0.0306. The summed E-state index contributed by atoms with van der Waals surface area (Å²) in [6.07, 6.45) is -0.597. The van der Waals surface area contributed by atoms with E-state index in [0.717, 1.165) is 20.7 Å². The third-order valence-electron chi connectivity index (χ3n) is 5.37. The second-order valence-corrected chi connectivity index (χ2v) is 8.62. The zero-order valence-corrected chi connectivity index (χ0v) is 18.6. The van der Waals surface area contributed by atoms with Gasteiger partial charge in [0.25, 0.3) is 12.0 Å². The van der Waals surface area contributed by atoms with Crippen molar-refractivity contribution in [2.75, 3.05) is 32.8 Å². The molecule has 1 amide bonds. The van der Waals surface area contributed by atoms with Gasteiger partial charge in [-0.2, -0.15) is 13.9 Å². The first-order valence-electron chi connectivity index (χ1n) is 10.4. The van der Waals surface area contributed by atoms with Gasteiger partial charge >= 0.3 is 5.69 Å². The summed E-state index contributed by atoms with van der Waals surface area (Å²) in [7, 11) is 0. The lowest BCUT2D eigenvalue weighted by Gasteiger charge is -2.26. The molecule has 1 fully saturated rings. The van der Waals surface area contributed by atoms with Crippen LogP contribution < -0.4 is 11.4 Å². The Bertz CT molecular complexity index is 1210. The van der Waals surface area contributed by atoms with Crippen LogP contribution in [-0.2, 0) is 17.8 Å². The molecule has 1 aliphatic heterocycles. The monoisotopic (exact) mass is 475 g/mol. The number of hydrogen-bond acceptors (Lipinski definition) is 6. The average molecular weight is 476 g/mol. The van der Waals surface area contributed by atoms with E-state index in [1.54, 1.807) is 4.90 Å². The molecule has 0 unspecified atom stereocenters. The zero-order valence-electron chi connectivity index (χ0n) is 17.7. The Morgan fingerprint density at radius 2 is 1.91 bits per heavy atom. The number of carbonyl (C=O) groups is 1. The molecule has 2 N–H and O–H groups in total. The average Bonchev–Trinajstić information content (AvgIpc) is 3.42. The first kappa shape index (κ1) is 23.0. The van der Waals surface area contributed by atoms with E-state index in [2.05, 4.69) is 5.10 Å². The molecule has 174 valence electrons. The summed E-state index contributed by atoms with van der Waals surface area (Å²) >= 11 is 1.31. The normalized spacial score (nSPS) is 13.8. The molecular formula is C22H23F2N5O3S. The van der Waals surface area contributed by atoms with Gasteiger partial charge in [0.2, 0.25) is 0 Å². The van der Waals surface area contributed by atoms with Crippen LogP contribution in [0.5, 0.6) is 0 Å². The van der Waals surface area contributed by atoms with E-state index in [9.17, 15) is 18.4 Å². The van der Waals surface area contributed by atoms with E-state index in [4.69, 9.17) is 10.5 Å². The van der Waals surface area contributed by atoms with Crippen molar-refractivity contribution in [1.29, 1.82) is 0 Å². The Balaban J connectivity index is 1.66. The van der Waals surface area contributed by atoms with Crippen LogP contribution in [0.4, 0.5) is 8.78 Å². The van der Waals surface area contributed by atoms with Gasteiger partial charge in [0, 0.05) is 30.1 Å². The summed E-state index contributed by atoms with van der Waals surface area (Å²) in [4.78, 5) is 28.9. The SMILES string of the molecule is NCC(Cn1ncn(Cc2sc(C(=O)N3CCOCC3)cc2-c2ccccc2)c1=O)=C(F)F. The van der Waals surface area contributed by atoms with Crippen LogP contribution in [0.15, 0.2) is 59.2 Å². The minimum absolute atomic E-state index is 0.0779. The number of rotatable bonds is 7. The summed E-state index contributed by atoms with van der Waals surface area (Å²) in [5, 5.41) is 3.96. The van der Waals surface area contributed by atoms with Crippen molar-refractivity contribution in [2.45, 2.75) is 13.1 Å². The molecule has 0 radical (unpaired) electrons. The van der Waals surface area contributed by atoms with Crippen molar-refractivity contribution in [3.8, 4) is 11.1 Å². The van der Waals surface area contributed by atoms with Crippen LogP contribution in [0.3, 0.4) is 0 Å². The van der Waals surface area contributed by atoms with Crippen LogP contribution in [0, 0.1) is 0 Å². The molecule has 1 aliphatic rings. The summed E-state index contributed by atoms with van der Waals surface area (Å²) in [5.74, 6) is -0.0779. The van der Waals surface area contributed by atoms with Gasteiger partial charge in [-0.15, -0.1) is 11.3 Å². The van der Waals surface area contributed by atoms with Crippen molar-refractivity contribution >= 4 is 17.2 Å². The van der Waals surface area contributed by atoms with E-state index in [0.29, 0.717) is 31.2 Å². The highest BCUT2D eigenvalue weighted by Crippen LogP contribution is 2.33. The van der Waals surface area contributed by atoms with E-state index >= 15 is 0 Å². The Morgan fingerprint density at radius 3 is 2.58 bits per heavy atom. The molecule has 3 heterocycles. The predicted molar refractivity (Wildman–Crippen MR) is 120 cm³/mol. The van der Waals surface area contributed by atoms with Gasteiger partial charge in [-0.3, -0.25) is 9.36 Å². The smallest absolute Gasteiger partial charge is 0.346 e. The number of ether oxygens (including phenoxy) is 1. The number of carbonyl (C=O) groups excluding carboxylic acids is 1. The molecule has 3 aromatic rings. The fraction of sp³-hybridized carbons (Fsp3) is 0.318. The standard InChI is InChI=1S/C22H23F2N5O3S/c23-20(24)16(11-25)12-29-22(31)28(14-26-29)13-19-17(15-4-2-1-3-5-15)10-18(33-19)21(30)27-6-8-32-9-7-27/h1-5,10,14H,6-9,11-13,25H2. The van der Waals surface area contributed by atoms with E-state index in [1.165, 1.54) is 22.2 Å². The molecule has 33 heavy (non-hydrogen) atoms. The van der Waals surface area contributed by atoms with Gasteiger partial charge in [0.15, 0.2) is 0 Å². The summed E-state index contributed by atoms with van der Waals surface area (Å²) in [6, 6.07) is 11.4.